The highest BCUT2D eigenvalue weighted by Crippen LogP contribution is 2.45. The van der Waals surface area contributed by atoms with Crippen molar-refractivity contribution in [1.82, 2.24) is 0 Å². The number of aliphatic hydroxyl groups excluding tert-OH is 1. The molecule has 0 fully saturated rings. The number of carbonyl (C=O) groups is 4. The maximum atomic E-state index is 13.1. The molecule has 0 bridgehead atoms. The van der Waals surface area contributed by atoms with E-state index in [0.717, 1.165) is 121 Å². The molecule has 0 radical (unpaired) electrons. The van der Waals surface area contributed by atoms with Crippen molar-refractivity contribution in [2.24, 2.45) is 17.8 Å². The van der Waals surface area contributed by atoms with Gasteiger partial charge >= 0.3 is 39.5 Å². The molecule has 103 heavy (non-hydrogen) atoms. The Balaban J connectivity index is 5.25. The summed E-state index contributed by atoms with van der Waals surface area (Å²) in [5, 5.41) is 10.6. The Morgan fingerprint density at radius 1 is 0.320 bits per heavy atom. The maximum absolute atomic E-state index is 13.1. The van der Waals surface area contributed by atoms with Gasteiger partial charge in [0.05, 0.1) is 26.4 Å². The third-order valence-electron chi connectivity index (χ3n) is 19.4. The average molecular weight is 1500 g/mol. The fraction of sp³-hybridized carbons (Fsp3) is 0.905. The van der Waals surface area contributed by atoms with Crippen LogP contribution in [0.25, 0.3) is 0 Å². The van der Waals surface area contributed by atoms with Crippen molar-refractivity contribution in [3.8, 4) is 0 Å². The number of allylic oxidation sites excluding steroid dienone is 4. The molecule has 0 aliphatic rings. The Kier molecular flexibility index (Phi) is 71.9. The molecule has 0 saturated heterocycles. The minimum atomic E-state index is -4.97. The van der Waals surface area contributed by atoms with Crippen molar-refractivity contribution in [3.63, 3.8) is 0 Å². The van der Waals surface area contributed by atoms with E-state index < -0.39 is 97.5 Å². The predicted octanol–water partition coefficient (Wildman–Crippen LogP) is 24.9. The summed E-state index contributed by atoms with van der Waals surface area (Å²) in [4.78, 5) is 73.0. The van der Waals surface area contributed by atoms with Gasteiger partial charge in [-0.15, -0.1) is 0 Å². The molecule has 0 aromatic carbocycles. The van der Waals surface area contributed by atoms with Crippen LogP contribution in [0.15, 0.2) is 24.3 Å². The summed E-state index contributed by atoms with van der Waals surface area (Å²) in [7, 11) is -9.94. The molecule has 3 N–H and O–H groups in total. The minimum absolute atomic E-state index is 0.0840. The topological polar surface area (TPSA) is 237 Å². The molecule has 0 aliphatic heterocycles. The number of esters is 4. The zero-order chi connectivity index (χ0) is 75.8. The molecule has 0 spiro atoms. The van der Waals surface area contributed by atoms with Gasteiger partial charge in [0.1, 0.15) is 19.3 Å². The number of carbonyl (C=O) groups excluding carboxylic acids is 4. The molecule has 19 heteroatoms. The fourth-order valence-corrected chi connectivity index (χ4v) is 14.0. The van der Waals surface area contributed by atoms with Gasteiger partial charge in [-0.1, -0.05) is 362 Å². The first kappa shape index (κ1) is 101. The number of aliphatic hydroxyl groups is 1. The van der Waals surface area contributed by atoms with Gasteiger partial charge in [-0.25, -0.2) is 9.13 Å². The van der Waals surface area contributed by atoms with Crippen LogP contribution < -0.4 is 0 Å². The van der Waals surface area contributed by atoms with Crippen molar-refractivity contribution in [1.29, 1.82) is 0 Å². The quantitative estimate of drug-likeness (QED) is 0.0169. The van der Waals surface area contributed by atoms with E-state index in [4.69, 9.17) is 37.0 Å². The Hall–Kier alpha value is -2.46. The molecule has 608 valence electrons. The Morgan fingerprint density at radius 3 is 0.864 bits per heavy atom. The number of hydrogen-bond donors (Lipinski definition) is 3. The normalized spacial score (nSPS) is 14.3. The van der Waals surface area contributed by atoms with E-state index in [9.17, 15) is 43.2 Å². The number of unbranched alkanes of at least 4 members (excludes halogenated alkanes) is 44. The van der Waals surface area contributed by atoms with E-state index >= 15 is 0 Å². The molecule has 0 amide bonds. The standard InChI is InChI=1S/C84H160O17P2/c1-8-10-11-12-13-14-15-16-21-29-34-39-44-53-60-68-84(89)101-80(72-95-82(87)66-59-52-47-46-49-56-63-76(5)6)74-99-103(92,93)97-70-78(85)69-96-102(90,91)98-73-79(71-94-81(86)65-58-51-43-38-33-28-25-24-27-32-37-42-50-57-64-77(7)9-2)100-83(88)67-61-54-45-40-35-30-23-20-18-17-19-22-26-31-36-41-48-55-62-75(3)4/h14-16,21,75-80,85H,8-13,17-20,22-74H2,1-7H3,(H,90,91)(H,92,93)/b15-14-,21-16-/t77?,78-,79-,80-/m1/s1. The Labute approximate surface area is 631 Å². The van der Waals surface area contributed by atoms with Gasteiger partial charge in [0.25, 0.3) is 0 Å². The maximum Gasteiger partial charge on any atom is 0.472 e. The summed E-state index contributed by atoms with van der Waals surface area (Å²) in [6, 6.07) is 0. The van der Waals surface area contributed by atoms with Crippen molar-refractivity contribution >= 4 is 39.5 Å². The molecule has 17 nitrogen and oxygen atoms in total. The molecule has 0 heterocycles. The average Bonchev–Trinajstić information content (AvgIpc) is 1.19. The monoisotopic (exact) mass is 1500 g/mol. The lowest BCUT2D eigenvalue weighted by atomic mass is 9.99. The van der Waals surface area contributed by atoms with E-state index in [0.29, 0.717) is 31.6 Å². The van der Waals surface area contributed by atoms with Crippen molar-refractivity contribution in [3.05, 3.63) is 24.3 Å². The van der Waals surface area contributed by atoms with E-state index in [1.807, 2.05) is 0 Å². The first-order valence-electron chi connectivity index (χ1n) is 42.7. The molecule has 0 aromatic rings. The zero-order valence-electron chi connectivity index (χ0n) is 67.3. The lowest BCUT2D eigenvalue weighted by Crippen LogP contribution is -2.30. The molecule has 0 aromatic heterocycles. The number of rotatable bonds is 80. The summed E-state index contributed by atoms with van der Waals surface area (Å²) >= 11 is 0. The van der Waals surface area contributed by atoms with Crippen LogP contribution in [0.1, 0.15) is 414 Å². The van der Waals surface area contributed by atoms with Crippen LogP contribution in [0.2, 0.25) is 0 Å². The Bertz CT molecular complexity index is 2090. The molecule has 0 rings (SSSR count). The number of ether oxygens (including phenoxy) is 4. The van der Waals surface area contributed by atoms with Gasteiger partial charge in [-0.2, -0.15) is 0 Å². The van der Waals surface area contributed by atoms with E-state index in [-0.39, 0.29) is 25.7 Å². The highest BCUT2D eigenvalue weighted by Gasteiger charge is 2.30. The highest BCUT2D eigenvalue weighted by atomic mass is 31.2. The summed E-state index contributed by atoms with van der Waals surface area (Å²) in [5.41, 5.74) is 0. The van der Waals surface area contributed by atoms with Crippen molar-refractivity contribution in [2.45, 2.75) is 433 Å². The first-order valence-corrected chi connectivity index (χ1v) is 45.7. The molecule has 6 atom stereocenters. The lowest BCUT2D eigenvalue weighted by molar-refractivity contribution is -0.161. The van der Waals surface area contributed by atoms with E-state index in [2.05, 4.69) is 72.8 Å². The first-order chi connectivity index (χ1) is 49.8. The van der Waals surface area contributed by atoms with Gasteiger partial charge < -0.3 is 33.8 Å². The SMILES string of the molecule is CCCCCC/C=C\C=C/CCCCCCCC(=O)O[C@H](COC(=O)CCCCCCCCC(C)C)COP(=O)(O)OC[C@H](O)COP(=O)(O)OC[C@@H](COC(=O)CCCCCCCCCCCCCCCCC(C)CC)OC(=O)CCCCCCCCCCCCCCCCCCCCC(C)C. The molecule has 0 aliphatic carbocycles. The van der Waals surface area contributed by atoms with Crippen molar-refractivity contribution < 1.29 is 80.2 Å². The predicted molar refractivity (Wildman–Crippen MR) is 423 cm³/mol. The van der Waals surface area contributed by atoms with Crippen LogP contribution >= 0.6 is 15.6 Å². The summed E-state index contributed by atoms with van der Waals surface area (Å²) in [6.07, 6.45) is 66.2. The smallest absolute Gasteiger partial charge is 0.462 e. The lowest BCUT2D eigenvalue weighted by Gasteiger charge is -2.21. The zero-order valence-corrected chi connectivity index (χ0v) is 69.1. The second-order valence-electron chi connectivity index (χ2n) is 30.7. The summed E-state index contributed by atoms with van der Waals surface area (Å²) in [6.45, 7) is 11.9. The second-order valence-corrected chi connectivity index (χ2v) is 33.6. The molecule has 3 unspecified atom stereocenters. The minimum Gasteiger partial charge on any atom is -0.462 e. The van der Waals surface area contributed by atoms with Gasteiger partial charge in [0.15, 0.2) is 12.2 Å². The third kappa shape index (κ3) is 76.1. The second kappa shape index (κ2) is 73.7. The third-order valence-corrected chi connectivity index (χ3v) is 21.3. The van der Waals surface area contributed by atoms with Crippen LogP contribution in [-0.4, -0.2) is 96.7 Å². The van der Waals surface area contributed by atoms with Gasteiger partial charge in [-0.3, -0.25) is 37.3 Å². The highest BCUT2D eigenvalue weighted by molar-refractivity contribution is 7.47. The molecular formula is C84H160O17P2. The van der Waals surface area contributed by atoms with Crippen LogP contribution in [0.3, 0.4) is 0 Å². The van der Waals surface area contributed by atoms with Crippen molar-refractivity contribution in [2.75, 3.05) is 39.6 Å². The van der Waals surface area contributed by atoms with Crippen LogP contribution in [0, 0.1) is 17.8 Å². The Morgan fingerprint density at radius 2 is 0.573 bits per heavy atom. The van der Waals surface area contributed by atoms with Crippen LogP contribution in [-0.2, 0) is 65.4 Å². The number of hydrogen-bond acceptors (Lipinski definition) is 15. The van der Waals surface area contributed by atoms with Gasteiger partial charge in [-0.05, 0) is 69.1 Å². The van der Waals surface area contributed by atoms with Crippen LogP contribution in [0.4, 0.5) is 0 Å². The summed E-state index contributed by atoms with van der Waals surface area (Å²) < 4.78 is 68.7. The van der Waals surface area contributed by atoms with Gasteiger partial charge in [0, 0.05) is 25.7 Å². The number of phosphoric ester groups is 2. The van der Waals surface area contributed by atoms with Gasteiger partial charge in [0.2, 0.25) is 0 Å². The molecule has 0 saturated carbocycles. The van der Waals surface area contributed by atoms with E-state index in [1.165, 1.54) is 205 Å². The largest absolute Gasteiger partial charge is 0.472 e. The van der Waals surface area contributed by atoms with Crippen LogP contribution in [0.5, 0.6) is 0 Å². The summed E-state index contributed by atoms with van der Waals surface area (Å²) in [5.74, 6) is 0.203. The van der Waals surface area contributed by atoms with E-state index in [1.54, 1.807) is 0 Å². The fourth-order valence-electron chi connectivity index (χ4n) is 12.4. The molecular weight excluding hydrogens is 1340 g/mol. The number of phosphoric acid groups is 2.